The maximum atomic E-state index is 12.8. The van der Waals surface area contributed by atoms with Gasteiger partial charge in [0.2, 0.25) is 11.4 Å². The molecule has 116 valence electrons. The third-order valence-corrected chi connectivity index (χ3v) is 3.84. The van der Waals surface area contributed by atoms with Crippen molar-refractivity contribution in [1.29, 1.82) is 0 Å². The van der Waals surface area contributed by atoms with Crippen LogP contribution < -0.4 is 11.1 Å². The van der Waals surface area contributed by atoms with Gasteiger partial charge in [-0.05, 0) is 25.7 Å². The molecule has 0 bridgehead atoms. The second-order valence-electron chi connectivity index (χ2n) is 5.74. The summed E-state index contributed by atoms with van der Waals surface area (Å²) >= 11 is 0. The largest absolute Gasteiger partial charge is 0.479 e. The number of amides is 1. The molecule has 0 radical (unpaired) electrons. The van der Waals surface area contributed by atoms with Crippen LogP contribution in [0.2, 0.25) is 0 Å². The number of carboxylic acid groups (broad SMARTS) is 1. The van der Waals surface area contributed by atoms with E-state index in [2.05, 4.69) is 0 Å². The average molecular weight is 296 g/mol. The van der Waals surface area contributed by atoms with Crippen molar-refractivity contribution in [2.75, 3.05) is 0 Å². The lowest BCUT2D eigenvalue weighted by Gasteiger charge is -2.38. The lowest BCUT2D eigenvalue weighted by atomic mass is 9.76. The number of nitrogens with one attached hydrogen (secondary N) is 1. The van der Waals surface area contributed by atoms with E-state index in [1.54, 1.807) is 5.32 Å². The molecule has 0 saturated heterocycles. The van der Waals surface area contributed by atoms with Crippen LogP contribution in [0.1, 0.15) is 39.5 Å². The van der Waals surface area contributed by atoms with Crippen molar-refractivity contribution in [2.45, 2.75) is 56.8 Å². The lowest BCUT2D eigenvalue weighted by molar-refractivity contribution is -0.207. The summed E-state index contributed by atoms with van der Waals surface area (Å²) in [4.78, 5) is 22.9. The molecule has 1 aliphatic carbocycles. The molecule has 0 spiro atoms. The molecule has 3 atom stereocenters. The van der Waals surface area contributed by atoms with Gasteiger partial charge in [0, 0.05) is 0 Å². The number of rotatable bonds is 3. The van der Waals surface area contributed by atoms with Crippen molar-refractivity contribution in [2.24, 2.45) is 11.7 Å². The Bertz CT molecular complexity index is 413. The topological polar surface area (TPSA) is 92.4 Å². The Hall–Kier alpha value is -1.31. The van der Waals surface area contributed by atoms with Gasteiger partial charge in [0.1, 0.15) is 0 Å². The van der Waals surface area contributed by atoms with Gasteiger partial charge in [0.25, 0.3) is 0 Å². The minimum absolute atomic E-state index is 0.112. The highest BCUT2D eigenvalue weighted by Crippen LogP contribution is 2.34. The first kappa shape index (κ1) is 16.7. The fourth-order valence-corrected chi connectivity index (χ4v) is 2.40. The summed E-state index contributed by atoms with van der Waals surface area (Å²) in [6.45, 7) is 2.27. The molecular formula is C12H19F3N2O3. The number of carbonyl (C=O) groups is 2. The van der Waals surface area contributed by atoms with Crippen molar-refractivity contribution in [1.82, 2.24) is 5.32 Å². The van der Waals surface area contributed by atoms with Gasteiger partial charge in [-0.15, -0.1) is 0 Å². The molecule has 5 nitrogen and oxygen atoms in total. The molecule has 0 aromatic carbocycles. The number of hydrogen-bond acceptors (Lipinski definition) is 3. The monoisotopic (exact) mass is 296 g/mol. The van der Waals surface area contributed by atoms with Gasteiger partial charge < -0.3 is 16.2 Å². The Morgan fingerprint density at radius 3 is 2.35 bits per heavy atom. The fourth-order valence-electron chi connectivity index (χ4n) is 2.40. The zero-order chi connectivity index (χ0) is 15.8. The summed E-state index contributed by atoms with van der Waals surface area (Å²) in [5.74, 6) is -3.11. The van der Waals surface area contributed by atoms with Gasteiger partial charge in [-0.2, -0.15) is 13.2 Å². The Balaban J connectivity index is 2.95. The molecule has 1 fully saturated rings. The van der Waals surface area contributed by atoms with E-state index in [4.69, 9.17) is 10.8 Å². The van der Waals surface area contributed by atoms with Gasteiger partial charge >= 0.3 is 12.1 Å². The number of hydrogen-bond donors (Lipinski definition) is 3. The summed E-state index contributed by atoms with van der Waals surface area (Å²) < 4.78 is 38.5. The summed E-state index contributed by atoms with van der Waals surface area (Å²) in [6, 6.07) is 0. The summed E-state index contributed by atoms with van der Waals surface area (Å²) in [7, 11) is 0. The Morgan fingerprint density at radius 1 is 1.40 bits per heavy atom. The first-order valence-corrected chi connectivity index (χ1v) is 6.34. The van der Waals surface area contributed by atoms with Crippen LogP contribution in [0.5, 0.6) is 0 Å². The average Bonchev–Trinajstić information content (AvgIpc) is 2.26. The molecular weight excluding hydrogens is 277 g/mol. The fraction of sp³-hybridized carbons (Fsp3) is 0.833. The molecule has 4 N–H and O–H groups in total. The van der Waals surface area contributed by atoms with Crippen molar-refractivity contribution in [3.05, 3.63) is 0 Å². The van der Waals surface area contributed by atoms with E-state index in [0.29, 0.717) is 13.3 Å². The number of halogens is 3. The molecule has 1 saturated carbocycles. The molecule has 0 aliphatic heterocycles. The number of aliphatic carboxylic acids is 1. The predicted molar refractivity (Wildman–Crippen MR) is 64.8 cm³/mol. The highest BCUT2D eigenvalue weighted by Gasteiger charge is 2.59. The summed E-state index contributed by atoms with van der Waals surface area (Å²) in [5, 5.41) is 10.4. The van der Waals surface area contributed by atoms with Gasteiger partial charge in [0.05, 0.1) is 5.54 Å². The van der Waals surface area contributed by atoms with Crippen LogP contribution in [0.25, 0.3) is 0 Å². The van der Waals surface area contributed by atoms with E-state index < -0.39 is 29.1 Å². The second-order valence-corrected chi connectivity index (χ2v) is 5.74. The van der Waals surface area contributed by atoms with Gasteiger partial charge in [-0.3, -0.25) is 4.79 Å². The smallest absolute Gasteiger partial charge is 0.422 e. The standard InChI is InChI=1S/C12H19F3N2O3/c1-7-4-3-5-11(16,6-7)8(18)17-10(2,9(19)20)12(13,14)15/h7H,3-6,16H2,1-2H3,(H,17,18)(H,19,20). The number of nitrogens with two attached hydrogens (primary N) is 1. The minimum Gasteiger partial charge on any atom is -0.479 e. The van der Waals surface area contributed by atoms with E-state index >= 15 is 0 Å². The molecule has 1 amide bonds. The van der Waals surface area contributed by atoms with Crippen LogP contribution in [0.3, 0.4) is 0 Å². The molecule has 1 rings (SSSR count). The van der Waals surface area contributed by atoms with E-state index in [-0.39, 0.29) is 18.8 Å². The Kier molecular flexibility index (Phi) is 4.38. The van der Waals surface area contributed by atoms with Crippen LogP contribution in [-0.4, -0.2) is 34.2 Å². The van der Waals surface area contributed by atoms with Crippen molar-refractivity contribution in [3.63, 3.8) is 0 Å². The molecule has 20 heavy (non-hydrogen) atoms. The van der Waals surface area contributed by atoms with Gasteiger partial charge in [0.15, 0.2) is 0 Å². The van der Waals surface area contributed by atoms with E-state index in [1.165, 1.54) is 0 Å². The maximum absolute atomic E-state index is 12.8. The highest BCUT2D eigenvalue weighted by atomic mass is 19.4. The van der Waals surface area contributed by atoms with Crippen molar-refractivity contribution >= 4 is 11.9 Å². The second kappa shape index (κ2) is 5.23. The molecule has 0 aromatic rings. The van der Waals surface area contributed by atoms with Crippen LogP contribution in [0.15, 0.2) is 0 Å². The van der Waals surface area contributed by atoms with Crippen molar-refractivity contribution < 1.29 is 27.9 Å². The van der Waals surface area contributed by atoms with Gasteiger partial charge in [-0.25, -0.2) is 4.79 Å². The highest BCUT2D eigenvalue weighted by molar-refractivity contribution is 5.92. The number of carboxylic acids is 1. The first-order valence-electron chi connectivity index (χ1n) is 6.34. The van der Waals surface area contributed by atoms with Crippen LogP contribution in [0, 0.1) is 5.92 Å². The molecule has 8 heteroatoms. The van der Waals surface area contributed by atoms with Crippen molar-refractivity contribution in [3.8, 4) is 0 Å². The lowest BCUT2D eigenvalue weighted by Crippen LogP contribution is -2.67. The molecule has 0 aromatic heterocycles. The predicted octanol–water partition coefficient (Wildman–Crippen LogP) is 1.42. The Labute approximate surface area is 114 Å². The van der Waals surface area contributed by atoms with Crippen LogP contribution in [0.4, 0.5) is 13.2 Å². The number of alkyl halides is 3. The normalized spacial score (nSPS) is 30.4. The first-order chi connectivity index (χ1) is 8.92. The Morgan fingerprint density at radius 2 is 1.95 bits per heavy atom. The van der Waals surface area contributed by atoms with E-state index in [1.807, 2.05) is 6.92 Å². The SMILES string of the molecule is CC1CCCC(N)(C(=O)NC(C)(C(=O)O)C(F)(F)F)C1. The summed E-state index contributed by atoms with van der Waals surface area (Å²) in [6.07, 6.45) is -3.14. The zero-order valence-electron chi connectivity index (χ0n) is 11.4. The number of carbonyl (C=O) groups excluding carboxylic acids is 1. The van der Waals surface area contributed by atoms with Gasteiger partial charge in [-0.1, -0.05) is 19.8 Å². The van der Waals surface area contributed by atoms with Crippen LogP contribution >= 0.6 is 0 Å². The van der Waals surface area contributed by atoms with E-state index in [9.17, 15) is 22.8 Å². The van der Waals surface area contributed by atoms with Crippen LogP contribution in [-0.2, 0) is 9.59 Å². The molecule has 3 unspecified atom stereocenters. The molecule has 1 aliphatic rings. The third kappa shape index (κ3) is 3.05. The third-order valence-electron chi connectivity index (χ3n) is 3.84. The minimum atomic E-state index is -5.11. The maximum Gasteiger partial charge on any atom is 0.422 e. The summed E-state index contributed by atoms with van der Waals surface area (Å²) in [5.41, 5.74) is 1.09. The van der Waals surface area contributed by atoms with E-state index in [0.717, 1.165) is 6.42 Å². The molecule has 0 heterocycles. The quantitative estimate of drug-likeness (QED) is 0.734. The zero-order valence-corrected chi connectivity index (χ0v) is 11.4.